The Morgan fingerprint density at radius 2 is 2.27 bits per heavy atom. The zero-order chi connectivity index (χ0) is 10.7. The van der Waals surface area contributed by atoms with Crippen LogP contribution in [0.4, 0.5) is 0 Å². The molecule has 0 aliphatic rings. The minimum absolute atomic E-state index is 0.534. The molecule has 74 valence electrons. The average molecular weight is 199 g/mol. The van der Waals surface area contributed by atoms with Crippen LogP contribution in [0.25, 0.3) is 5.82 Å². The van der Waals surface area contributed by atoms with Crippen molar-refractivity contribution in [3.8, 4) is 17.6 Å². The molecule has 15 heavy (non-hydrogen) atoms. The lowest BCUT2D eigenvalue weighted by Gasteiger charge is -2.08. The van der Waals surface area contributed by atoms with E-state index < -0.39 is 0 Å². The fourth-order valence-electron chi connectivity index (χ4n) is 1.38. The highest BCUT2D eigenvalue weighted by atomic mass is 16.5. The summed E-state index contributed by atoms with van der Waals surface area (Å²) in [6, 6.07) is 9.22. The molecule has 0 amide bonds. The summed E-state index contributed by atoms with van der Waals surface area (Å²) >= 11 is 0. The first-order valence-electron chi connectivity index (χ1n) is 4.43. The molecule has 0 spiro atoms. The van der Waals surface area contributed by atoms with Crippen molar-refractivity contribution in [1.29, 1.82) is 5.26 Å². The van der Waals surface area contributed by atoms with Crippen molar-refractivity contribution in [1.82, 2.24) is 9.55 Å². The van der Waals surface area contributed by atoms with Crippen LogP contribution in [0, 0.1) is 11.3 Å². The van der Waals surface area contributed by atoms with Gasteiger partial charge in [0.25, 0.3) is 0 Å². The highest BCUT2D eigenvalue weighted by molar-refractivity contribution is 5.44. The van der Waals surface area contributed by atoms with Gasteiger partial charge in [0.15, 0.2) is 11.6 Å². The molecular formula is C11H9N3O. The predicted molar refractivity (Wildman–Crippen MR) is 54.8 cm³/mol. The zero-order valence-corrected chi connectivity index (χ0v) is 8.21. The molecule has 0 radical (unpaired) electrons. The normalized spacial score (nSPS) is 9.60. The molecule has 2 aromatic heterocycles. The van der Waals surface area contributed by atoms with Crippen LogP contribution in [0.2, 0.25) is 0 Å². The molecule has 0 aliphatic carbocycles. The van der Waals surface area contributed by atoms with Crippen molar-refractivity contribution in [3.63, 3.8) is 0 Å². The monoisotopic (exact) mass is 199 g/mol. The molecule has 0 aromatic carbocycles. The van der Waals surface area contributed by atoms with Crippen LogP contribution in [0.15, 0.2) is 36.7 Å². The van der Waals surface area contributed by atoms with Gasteiger partial charge in [-0.1, -0.05) is 0 Å². The van der Waals surface area contributed by atoms with Gasteiger partial charge in [0.05, 0.1) is 7.11 Å². The van der Waals surface area contributed by atoms with Crippen LogP contribution in [-0.4, -0.2) is 16.7 Å². The van der Waals surface area contributed by atoms with E-state index in [0.717, 1.165) is 0 Å². The highest BCUT2D eigenvalue weighted by Crippen LogP contribution is 2.20. The molecule has 0 unspecified atom stereocenters. The first-order valence-corrected chi connectivity index (χ1v) is 4.43. The predicted octanol–water partition coefficient (Wildman–Crippen LogP) is 1.75. The molecule has 0 fully saturated rings. The second-order valence-electron chi connectivity index (χ2n) is 2.90. The fraction of sp³-hybridized carbons (Fsp3) is 0.0909. The van der Waals surface area contributed by atoms with Crippen LogP contribution in [0.5, 0.6) is 5.75 Å². The van der Waals surface area contributed by atoms with E-state index >= 15 is 0 Å². The van der Waals surface area contributed by atoms with Crippen LogP contribution in [0.3, 0.4) is 0 Å². The maximum atomic E-state index is 8.89. The lowest BCUT2D eigenvalue weighted by molar-refractivity contribution is 0.410. The molecule has 0 bridgehead atoms. The summed E-state index contributed by atoms with van der Waals surface area (Å²) in [6.07, 6.45) is 3.45. The van der Waals surface area contributed by atoms with Crippen LogP contribution >= 0.6 is 0 Å². The van der Waals surface area contributed by atoms with Gasteiger partial charge < -0.3 is 4.74 Å². The van der Waals surface area contributed by atoms with E-state index in [1.165, 1.54) is 0 Å². The highest BCUT2D eigenvalue weighted by Gasteiger charge is 2.08. The number of pyridine rings is 1. The summed E-state index contributed by atoms with van der Waals surface area (Å²) in [4.78, 5) is 4.19. The van der Waals surface area contributed by atoms with Gasteiger partial charge >= 0.3 is 0 Å². The number of hydrogen-bond donors (Lipinski definition) is 0. The van der Waals surface area contributed by atoms with Crippen LogP contribution < -0.4 is 4.74 Å². The topological polar surface area (TPSA) is 50.8 Å². The molecule has 4 heteroatoms. The molecule has 2 aromatic rings. The SMILES string of the molecule is COc1cccnc1-n1cccc1C#N. The smallest absolute Gasteiger partial charge is 0.180 e. The Kier molecular flexibility index (Phi) is 2.38. The third kappa shape index (κ3) is 1.55. The Hall–Kier alpha value is -2.28. The number of aromatic nitrogens is 2. The first-order chi connectivity index (χ1) is 7.36. The Bertz CT molecular complexity index is 511. The fourth-order valence-corrected chi connectivity index (χ4v) is 1.38. The second-order valence-corrected chi connectivity index (χ2v) is 2.90. The van der Waals surface area contributed by atoms with E-state index in [4.69, 9.17) is 10.00 Å². The molecular weight excluding hydrogens is 190 g/mol. The molecule has 0 atom stereocenters. The third-order valence-electron chi connectivity index (χ3n) is 2.06. The average Bonchev–Trinajstić information content (AvgIpc) is 2.76. The van der Waals surface area contributed by atoms with Crippen molar-refractivity contribution >= 4 is 0 Å². The van der Waals surface area contributed by atoms with Gasteiger partial charge in [0, 0.05) is 12.4 Å². The van der Waals surface area contributed by atoms with Gasteiger partial charge in [-0.25, -0.2) is 4.98 Å². The molecule has 0 aliphatic heterocycles. The van der Waals surface area contributed by atoms with Crippen LogP contribution in [0.1, 0.15) is 5.69 Å². The van der Waals surface area contributed by atoms with Gasteiger partial charge in [-0.15, -0.1) is 0 Å². The lowest BCUT2D eigenvalue weighted by atomic mass is 10.4. The van der Waals surface area contributed by atoms with E-state index in [0.29, 0.717) is 17.3 Å². The molecule has 0 saturated heterocycles. The van der Waals surface area contributed by atoms with Crippen molar-refractivity contribution in [2.45, 2.75) is 0 Å². The zero-order valence-electron chi connectivity index (χ0n) is 8.21. The maximum absolute atomic E-state index is 8.89. The molecule has 0 saturated carbocycles. The summed E-state index contributed by atoms with van der Waals surface area (Å²) in [5.74, 6) is 1.27. The minimum Gasteiger partial charge on any atom is -0.493 e. The van der Waals surface area contributed by atoms with E-state index in [2.05, 4.69) is 11.1 Å². The Labute approximate surface area is 87.4 Å². The van der Waals surface area contributed by atoms with Gasteiger partial charge in [-0.3, -0.25) is 4.57 Å². The second kappa shape index (κ2) is 3.84. The third-order valence-corrected chi connectivity index (χ3v) is 2.06. The van der Waals surface area contributed by atoms with Crippen molar-refractivity contribution in [2.75, 3.05) is 7.11 Å². The van der Waals surface area contributed by atoms with Gasteiger partial charge in [-0.2, -0.15) is 5.26 Å². The van der Waals surface area contributed by atoms with E-state index in [1.807, 2.05) is 6.07 Å². The largest absolute Gasteiger partial charge is 0.493 e. The van der Waals surface area contributed by atoms with Gasteiger partial charge in [0.1, 0.15) is 11.8 Å². The number of rotatable bonds is 2. The van der Waals surface area contributed by atoms with E-state index in [-0.39, 0.29) is 0 Å². The quantitative estimate of drug-likeness (QED) is 0.740. The summed E-state index contributed by atoms with van der Waals surface area (Å²) in [5, 5.41) is 8.89. The number of hydrogen-bond acceptors (Lipinski definition) is 3. The van der Waals surface area contributed by atoms with Crippen molar-refractivity contribution in [3.05, 3.63) is 42.4 Å². The van der Waals surface area contributed by atoms with Gasteiger partial charge in [0.2, 0.25) is 0 Å². The number of methoxy groups -OCH3 is 1. The maximum Gasteiger partial charge on any atom is 0.180 e. The summed E-state index contributed by atoms with van der Waals surface area (Å²) in [5.41, 5.74) is 0.534. The van der Waals surface area contributed by atoms with E-state index in [9.17, 15) is 0 Å². The Morgan fingerprint density at radius 1 is 1.40 bits per heavy atom. The van der Waals surface area contributed by atoms with Crippen molar-refractivity contribution in [2.24, 2.45) is 0 Å². The van der Waals surface area contributed by atoms with Crippen LogP contribution in [-0.2, 0) is 0 Å². The summed E-state index contributed by atoms with van der Waals surface area (Å²) < 4.78 is 6.87. The number of nitrogens with zero attached hydrogens (tertiary/aromatic N) is 3. The minimum atomic E-state index is 0.534. The van der Waals surface area contributed by atoms with E-state index in [1.54, 1.807) is 42.3 Å². The van der Waals surface area contributed by atoms with Gasteiger partial charge in [-0.05, 0) is 24.3 Å². The standard InChI is InChI=1S/C11H9N3O/c1-15-10-5-2-6-13-11(10)14-7-3-4-9(14)8-12/h2-7H,1H3. The molecule has 4 nitrogen and oxygen atoms in total. The Balaban J connectivity index is 2.59. The van der Waals surface area contributed by atoms with Crippen molar-refractivity contribution < 1.29 is 4.74 Å². The number of ether oxygens (including phenoxy) is 1. The number of nitriles is 1. The lowest BCUT2D eigenvalue weighted by Crippen LogP contribution is -2.01. The first kappa shape index (κ1) is 9.28. The Morgan fingerprint density at radius 3 is 3.00 bits per heavy atom. The molecule has 2 heterocycles. The molecule has 0 N–H and O–H groups in total. The molecule has 2 rings (SSSR count). The summed E-state index contributed by atoms with van der Waals surface area (Å²) in [6.45, 7) is 0. The summed E-state index contributed by atoms with van der Waals surface area (Å²) in [7, 11) is 1.58.